The number of hydrogen-bond acceptors (Lipinski definition) is 4. The molecule has 3 aromatic rings. The maximum Gasteiger partial charge on any atom is 0.354 e. The van der Waals surface area contributed by atoms with Crippen LogP contribution in [0.4, 0.5) is 5.69 Å². The van der Waals surface area contributed by atoms with Crippen LogP contribution in [0.25, 0.3) is 22.0 Å². The summed E-state index contributed by atoms with van der Waals surface area (Å²) in [5.41, 5.74) is 1.63. The molecule has 0 atom stereocenters. The Balaban J connectivity index is 2.37. The topological polar surface area (TPSA) is 93.3 Å². The lowest BCUT2D eigenvalue weighted by atomic mass is 9.99. The van der Waals surface area contributed by atoms with Crippen LogP contribution in [0, 0.1) is 10.1 Å². The molecule has 0 fully saturated rings. The first-order chi connectivity index (χ1) is 10.6. The van der Waals surface area contributed by atoms with E-state index >= 15 is 0 Å². The van der Waals surface area contributed by atoms with Gasteiger partial charge in [0.25, 0.3) is 5.69 Å². The molecule has 108 valence electrons. The van der Waals surface area contributed by atoms with Crippen LogP contribution in [0.15, 0.2) is 54.6 Å². The van der Waals surface area contributed by atoms with Crippen LogP contribution in [0.2, 0.25) is 0 Å². The zero-order chi connectivity index (χ0) is 15.7. The Labute approximate surface area is 124 Å². The van der Waals surface area contributed by atoms with Gasteiger partial charge in [-0.1, -0.05) is 30.3 Å². The van der Waals surface area contributed by atoms with E-state index in [0.717, 1.165) is 5.56 Å². The Hall–Kier alpha value is -3.28. The van der Waals surface area contributed by atoms with E-state index in [9.17, 15) is 20.0 Å². The summed E-state index contributed by atoms with van der Waals surface area (Å²) < 4.78 is 0. The molecular formula is C16H10N2O4. The molecule has 0 aliphatic rings. The molecule has 2 aromatic carbocycles. The smallest absolute Gasteiger partial charge is 0.354 e. The Morgan fingerprint density at radius 1 is 1.09 bits per heavy atom. The highest BCUT2D eigenvalue weighted by Crippen LogP contribution is 2.31. The summed E-state index contributed by atoms with van der Waals surface area (Å²) in [6.07, 6.45) is 0. The van der Waals surface area contributed by atoms with Gasteiger partial charge in [-0.25, -0.2) is 9.78 Å². The lowest BCUT2D eigenvalue weighted by Crippen LogP contribution is -2.01. The highest BCUT2D eigenvalue weighted by molar-refractivity contribution is 6.00. The van der Waals surface area contributed by atoms with Crippen molar-refractivity contribution in [2.24, 2.45) is 0 Å². The van der Waals surface area contributed by atoms with E-state index in [4.69, 9.17) is 0 Å². The summed E-state index contributed by atoms with van der Waals surface area (Å²) in [7, 11) is 0. The summed E-state index contributed by atoms with van der Waals surface area (Å²) >= 11 is 0. The number of carbonyl (C=O) groups is 1. The van der Waals surface area contributed by atoms with Gasteiger partial charge in [0.15, 0.2) is 0 Å². The van der Waals surface area contributed by atoms with E-state index in [0.29, 0.717) is 16.5 Å². The van der Waals surface area contributed by atoms with Crippen LogP contribution in [-0.2, 0) is 0 Å². The molecule has 0 aliphatic carbocycles. The third-order valence-corrected chi connectivity index (χ3v) is 3.31. The molecule has 0 unspecified atom stereocenters. The summed E-state index contributed by atoms with van der Waals surface area (Å²) in [5, 5.41) is 20.7. The van der Waals surface area contributed by atoms with Gasteiger partial charge in [0.05, 0.1) is 10.4 Å². The molecule has 1 aromatic heterocycles. The number of pyridine rings is 1. The molecule has 0 spiro atoms. The van der Waals surface area contributed by atoms with Crippen LogP contribution in [-0.4, -0.2) is 21.0 Å². The van der Waals surface area contributed by atoms with Crippen molar-refractivity contribution in [3.63, 3.8) is 0 Å². The third-order valence-electron chi connectivity index (χ3n) is 3.31. The predicted octanol–water partition coefficient (Wildman–Crippen LogP) is 3.51. The summed E-state index contributed by atoms with van der Waals surface area (Å²) in [5.74, 6) is -1.14. The second-order valence-electron chi connectivity index (χ2n) is 4.68. The fourth-order valence-electron chi connectivity index (χ4n) is 2.29. The molecule has 0 saturated heterocycles. The third kappa shape index (κ3) is 2.37. The lowest BCUT2D eigenvalue weighted by Gasteiger charge is -2.08. The van der Waals surface area contributed by atoms with Gasteiger partial charge in [0, 0.05) is 17.5 Å². The van der Waals surface area contributed by atoms with Crippen molar-refractivity contribution in [1.82, 2.24) is 4.98 Å². The number of aromatic carboxylic acids is 1. The van der Waals surface area contributed by atoms with Gasteiger partial charge in [-0.15, -0.1) is 0 Å². The van der Waals surface area contributed by atoms with Gasteiger partial charge in [-0.05, 0) is 23.3 Å². The molecule has 6 nitrogen and oxygen atoms in total. The zero-order valence-electron chi connectivity index (χ0n) is 11.3. The Bertz CT molecular complexity index is 891. The number of rotatable bonds is 3. The highest BCUT2D eigenvalue weighted by Gasteiger charge is 2.15. The maximum atomic E-state index is 11.2. The number of nitrogens with zero attached hydrogens (tertiary/aromatic N) is 2. The summed E-state index contributed by atoms with van der Waals surface area (Å²) in [4.78, 5) is 25.7. The first kappa shape index (κ1) is 13.7. The van der Waals surface area contributed by atoms with Gasteiger partial charge < -0.3 is 5.11 Å². The molecule has 0 radical (unpaired) electrons. The minimum atomic E-state index is -1.14. The molecule has 0 aliphatic heterocycles. The molecule has 1 heterocycles. The second kappa shape index (κ2) is 5.25. The Kier molecular flexibility index (Phi) is 3.27. The fraction of sp³-hybridized carbons (Fsp3) is 0. The van der Waals surface area contributed by atoms with E-state index in [1.807, 2.05) is 30.3 Å². The average Bonchev–Trinajstić information content (AvgIpc) is 2.54. The van der Waals surface area contributed by atoms with Crippen molar-refractivity contribution in [3.05, 3.63) is 70.4 Å². The van der Waals surface area contributed by atoms with E-state index < -0.39 is 10.9 Å². The number of fused-ring (bicyclic) bond motifs is 1. The van der Waals surface area contributed by atoms with Crippen molar-refractivity contribution in [1.29, 1.82) is 0 Å². The number of hydrogen-bond donors (Lipinski definition) is 1. The summed E-state index contributed by atoms with van der Waals surface area (Å²) in [6, 6.07) is 14.7. The van der Waals surface area contributed by atoms with Crippen LogP contribution < -0.4 is 0 Å². The molecule has 0 saturated carbocycles. The Morgan fingerprint density at radius 3 is 2.45 bits per heavy atom. The monoisotopic (exact) mass is 294 g/mol. The average molecular weight is 294 g/mol. The maximum absolute atomic E-state index is 11.2. The number of benzene rings is 2. The minimum Gasteiger partial charge on any atom is -0.477 e. The second-order valence-corrected chi connectivity index (χ2v) is 4.68. The van der Waals surface area contributed by atoms with Crippen molar-refractivity contribution in [3.8, 4) is 11.1 Å². The van der Waals surface area contributed by atoms with Crippen LogP contribution in [0.3, 0.4) is 0 Å². The van der Waals surface area contributed by atoms with E-state index in [2.05, 4.69) is 4.98 Å². The number of nitro groups is 1. The van der Waals surface area contributed by atoms with E-state index in [1.54, 1.807) is 0 Å². The first-order valence-corrected chi connectivity index (χ1v) is 6.44. The molecule has 0 bridgehead atoms. The predicted molar refractivity (Wildman–Crippen MR) is 80.8 cm³/mol. The van der Waals surface area contributed by atoms with Crippen LogP contribution in [0.5, 0.6) is 0 Å². The molecule has 22 heavy (non-hydrogen) atoms. The van der Waals surface area contributed by atoms with Gasteiger partial charge in [0.2, 0.25) is 0 Å². The van der Waals surface area contributed by atoms with Crippen molar-refractivity contribution in [2.45, 2.75) is 0 Å². The standard InChI is InChI=1S/C16H10N2O4/c19-16(20)15-9-12(10-4-2-1-3-5-10)13-8-11(18(21)22)6-7-14(13)17-15/h1-9H,(H,19,20). The lowest BCUT2D eigenvalue weighted by molar-refractivity contribution is -0.384. The largest absolute Gasteiger partial charge is 0.477 e. The minimum absolute atomic E-state index is 0.0606. The Morgan fingerprint density at radius 2 is 1.82 bits per heavy atom. The van der Waals surface area contributed by atoms with Gasteiger partial charge >= 0.3 is 5.97 Å². The molecule has 3 rings (SSSR count). The van der Waals surface area contributed by atoms with Crippen molar-refractivity contribution >= 4 is 22.6 Å². The normalized spacial score (nSPS) is 10.5. The van der Waals surface area contributed by atoms with Crippen LogP contribution >= 0.6 is 0 Å². The van der Waals surface area contributed by atoms with Gasteiger partial charge in [-0.2, -0.15) is 0 Å². The zero-order valence-corrected chi connectivity index (χ0v) is 11.3. The fourth-order valence-corrected chi connectivity index (χ4v) is 2.29. The number of aromatic nitrogens is 1. The van der Waals surface area contributed by atoms with E-state index in [1.165, 1.54) is 24.3 Å². The number of carboxylic acids is 1. The highest BCUT2D eigenvalue weighted by atomic mass is 16.6. The first-order valence-electron chi connectivity index (χ1n) is 6.44. The molecule has 6 heteroatoms. The number of non-ortho nitro benzene ring substituents is 1. The number of nitro benzene ring substituents is 1. The molecule has 1 N–H and O–H groups in total. The van der Waals surface area contributed by atoms with Crippen LogP contribution in [0.1, 0.15) is 10.5 Å². The van der Waals surface area contributed by atoms with Crippen molar-refractivity contribution < 1.29 is 14.8 Å². The van der Waals surface area contributed by atoms with Gasteiger partial charge in [-0.3, -0.25) is 10.1 Å². The van der Waals surface area contributed by atoms with E-state index in [-0.39, 0.29) is 11.4 Å². The summed E-state index contributed by atoms with van der Waals surface area (Å²) in [6.45, 7) is 0. The molecule has 0 amide bonds. The van der Waals surface area contributed by atoms with Gasteiger partial charge in [0.1, 0.15) is 5.69 Å². The van der Waals surface area contributed by atoms with Crippen molar-refractivity contribution in [2.75, 3.05) is 0 Å². The SMILES string of the molecule is O=C(O)c1cc(-c2ccccc2)c2cc([N+](=O)[O-])ccc2n1. The molecular weight excluding hydrogens is 284 g/mol. The number of carboxylic acid groups (broad SMARTS) is 1. The quantitative estimate of drug-likeness (QED) is 0.589.